The van der Waals surface area contributed by atoms with Gasteiger partial charge in [-0.15, -0.1) is 11.8 Å². The Bertz CT molecular complexity index is 572. The third-order valence-corrected chi connectivity index (χ3v) is 3.31. The third-order valence-electron chi connectivity index (χ3n) is 2.28. The molecule has 0 bridgehead atoms. The van der Waals surface area contributed by atoms with E-state index in [9.17, 15) is 4.79 Å². The Morgan fingerprint density at radius 1 is 1.39 bits per heavy atom. The van der Waals surface area contributed by atoms with Gasteiger partial charge in [-0.25, -0.2) is 9.78 Å². The lowest BCUT2D eigenvalue weighted by Gasteiger charge is -2.03. The average molecular weight is 260 g/mol. The monoisotopic (exact) mass is 260 g/mol. The van der Waals surface area contributed by atoms with Crippen LogP contribution in [0.5, 0.6) is 0 Å². The van der Waals surface area contributed by atoms with Crippen LogP contribution < -0.4 is 0 Å². The molecule has 0 unspecified atom stereocenters. The van der Waals surface area contributed by atoms with Crippen molar-refractivity contribution >= 4 is 17.7 Å². The van der Waals surface area contributed by atoms with E-state index in [1.807, 2.05) is 25.1 Å². The van der Waals surface area contributed by atoms with Crippen molar-refractivity contribution in [1.29, 1.82) is 0 Å². The first kappa shape index (κ1) is 12.6. The molecule has 2 heterocycles. The quantitative estimate of drug-likeness (QED) is 0.856. The van der Waals surface area contributed by atoms with Crippen LogP contribution in [0.25, 0.3) is 0 Å². The highest BCUT2D eigenvalue weighted by molar-refractivity contribution is 7.98. The van der Waals surface area contributed by atoms with Crippen molar-refractivity contribution in [3.05, 3.63) is 53.6 Å². The van der Waals surface area contributed by atoms with Crippen LogP contribution in [-0.4, -0.2) is 21.0 Å². The van der Waals surface area contributed by atoms with E-state index in [1.165, 1.54) is 6.20 Å². The van der Waals surface area contributed by atoms with Crippen LogP contribution in [0.4, 0.5) is 0 Å². The molecule has 0 saturated heterocycles. The van der Waals surface area contributed by atoms with E-state index in [2.05, 4.69) is 9.97 Å². The van der Waals surface area contributed by atoms with Crippen molar-refractivity contribution in [1.82, 2.24) is 9.97 Å². The fraction of sp³-hybridized carbons (Fsp3) is 0.154. The number of hydrogen-bond donors (Lipinski definition) is 1. The number of carboxylic acid groups (broad SMARTS) is 1. The van der Waals surface area contributed by atoms with Gasteiger partial charge in [0.2, 0.25) is 0 Å². The smallest absolute Gasteiger partial charge is 0.354 e. The molecule has 4 nitrogen and oxygen atoms in total. The molecule has 0 fully saturated rings. The van der Waals surface area contributed by atoms with Gasteiger partial charge >= 0.3 is 5.97 Å². The summed E-state index contributed by atoms with van der Waals surface area (Å²) in [6.45, 7) is 1.95. The molecule has 92 valence electrons. The van der Waals surface area contributed by atoms with Gasteiger partial charge in [0, 0.05) is 22.5 Å². The molecule has 2 rings (SSSR count). The zero-order valence-corrected chi connectivity index (χ0v) is 10.6. The second-order valence-corrected chi connectivity index (χ2v) is 4.79. The number of thioether (sulfide) groups is 1. The molecule has 2 aromatic heterocycles. The van der Waals surface area contributed by atoms with Crippen molar-refractivity contribution < 1.29 is 9.90 Å². The molecule has 0 amide bonds. The summed E-state index contributed by atoms with van der Waals surface area (Å²) < 4.78 is 0. The molecule has 18 heavy (non-hydrogen) atoms. The van der Waals surface area contributed by atoms with Gasteiger partial charge < -0.3 is 5.11 Å². The number of aromatic nitrogens is 2. The van der Waals surface area contributed by atoms with E-state index in [0.29, 0.717) is 5.75 Å². The van der Waals surface area contributed by atoms with Crippen molar-refractivity contribution in [2.24, 2.45) is 0 Å². The minimum atomic E-state index is -1.01. The van der Waals surface area contributed by atoms with E-state index in [0.717, 1.165) is 16.3 Å². The Hall–Kier alpha value is -1.88. The van der Waals surface area contributed by atoms with Gasteiger partial charge in [0.15, 0.2) is 0 Å². The minimum absolute atomic E-state index is 0.0669. The standard InChI is InChI=1S/C13H12N2O2S/c1-9-3-2-4-10(15-9)8-18-11-5-6-14-12(7-11)13(16)17/h2-7H,8H2,1H3,(H,16,17). The number of aromatic carboxylic acids is 1. The Morgan fingerprint density at radius 2 is 2.22 bits per heavy atom. The molecular formula is C13H12N2O2S. The highest BCUT2D eigenvalue weighted by Crippen LogP contribution is 2.22. The molecule has 0 aromatic carbocycles. The summed E-state index contributed by atoms with van der Waals surface area (Å²) in [5.74, 6) is -0.295. The summed E-state index contributed by atoms with van der Waals surface area (Å²) in [6, 6.07) is 9.24. The van der Waals surface area contributed by atoms with E-state index in [-0.39, 0.29) is 5.69 Å². The van der Waals surface area contributed by atoms with E-state index < -0.39 is 5.97 Å². The molecule has 0 atom stereocenters. The van der Waals surface area contributed by atoms with E-state index in [1.54, 1.807) is 23.9 Å². The number of aryl methyl sites for hydroxylation is 1. The van der Waals surface area contributed by atoms with Gasteiger partial charge in [-0.2, -0.15) is 0 Å². The van der Waals surface area contributed by atoms with Crippen LogP contribution in [0.15, 0.2) is 41.4 Å². The molecule has 0 radical (unpaired) electrons. The van der Waals surface area contributed by atoms with Gasteiger partial charge in [0.05, 0.1) is 5.69 Å². The lowest BCUT2D eigenvalue weighted by Crippen LogP contribution is -1.99. The summed E-state index contributed by atoms with van der Waals surface area (Å²) in [5, 5.41) is 8.85. The van der Waals surface area contributed by atoms with Crippen LogP contribution in [0, 0.1) is 6.92 Å². The third kappa shape index (κ3) is 3.30. The molecule has 0 aliphatic rings. The summed E-state index contributed by atoms with van der Waals surface area (Å²) in [4.78, 5) is 19.8. The summed E-state index contributed by atoms with van der Waals surface area (Å²) >= 11 is 1.55. The topological polar surface area (TPSA) is 63.1 Å². The minimum Gasteiger partial charge on any atom is -0.477 e. The zero-order valence-electron chi connectivity index (χ0n) is 9.83. The van der Waals surface area contributed by atoms with Crippen molar-refractivity contribution in [2.75, 3.05) is 0 Å². The highest BCUT2D eigenvalue weighted by atomic mass is 32.2. The van der Waals surface area contributed by atoms with E-state index >= 15 is 0 Å². The molecular weight excluding hydrogens is 248 g/mol. The Morgan fingerprint density at radius 3 is 2.94 bits per heavy atom. The predicted octanol–water partition coefficient (Wildman–Crippen LogP) is 2.78. The normalized spacial score (nSPS) is 10.3. The molecule has 2 aromatic rings. The Labute approximate surface area is 109 Å². The van der Waals surface area contributed by atoms with Crippen LogP contribution in [0.2, 0.25) is 0 Å². The van der Waals surface area contributed by atoms with Crippen LogP contribution in [0.1, 0.15) is 21.9 Å². The SMILES string of the molecule is Cc1cccc(CSc2ccnc(C(=O)O)c2)n1. The fourth-order valence-electron chi connectivity index (χ4n) is 1.46. The van der Waals surface area contributed by atoms with Gasteiger partial charge in [0.1, 0.15) is 5.69 Å². The molecule has 0 saturated carbocycles. The second-order valence-electron chi connectivity index (χ2n) is 3.74. The van der Waals surface area contributed by atoms with Crippen LogP contribution in [0.3, 0.4) is 0 Å². The fourth-order valence-corrected chi connectivity index (χ4v) is 2.28. The first-order chi connectivity index (χ1) is 8.65. The Balaban J connectivity index is 2.06. The number of hydrogen-bond acceptors (Lipinski definition) is 4. The second kappa shape index (κ2) is 5.64. The van der Waals surface area contributed by atoms with Crippen LogP contribution in [-0.2, 0) is 5.75 Å². The van der Waals surface area contributed by atoms with E-state index in [4.69, 9.17) is 5.11 Å². The molecule has 5 heteroatoms. The van der Waals surface area contributed by atoms with Crippen LogP contribution >= 0.6 is 11.8 Å². The number of carboxylic acids is 1. The first-order valence-corrected chi connectivity index (χ1v) is 6.38. The largest absolute Gasteiger partial charge is 0.477 e. The zero-order chi connectivity index (χ0) is 13.0. The molecule has 0 spiro atoms. The van der Waals surface area contributed by atoms with Crippen molar-refractivity contribution in [3.63, 3.8) is 0 Å². The number of pyridine rings is 2. The first-order valence-electron chi connectivity index (χ1n) is 5.40. The number of rotatable bonds is 4. The maximum atomic E-state index is 10.8. The van der Waals surface area contributed by atoms with Gasteiger partial charge in [0.25, 0.3) is 0 Å². The average Bonchev–Trinajstić information content (AvgIpc) is 2.37. The van der Waals surface area contributed by atoms with Gasteiger partial charge in [-0.1, -0.05) is 6.07 Å². The number of carbonyl (C=O) groups is 1. The summed E-state index contributed by atoms with van der Waals surface area (Å²) in [6.07, 6.45) is 1.51. The highest BCUT2D eigenvalue weighted by Gasteiger charge is 2.05. The lowest BCUT2D eigenvalue weighted by atomic mass is 10.3. The maximum absolute atomic E-state index is 10.8. The molecule has 0 aliphatic carbocycles. The van der Waals surface area contributed by atoms with Crippen molar-refractivity contribution in [3.8, 4) is 0 Å². The predicted molar refractivity (Wildman–Crippen MR) is 69.7 cm³/mol. The molecule has 1 N–H and O–H groups in total. The van der Waals surface area contributed by atoms with Gasteiger partial charge in [-0.3, -0.25) is 4.98 Å². The number of nitrogens with zero attached hydrogens (tertiary/aromatic N) is 2. The van der Waals surface area contributed by atoms with Gasteiger partial charge in [-0.05, 0) is 31.2 Å². The Kier molecular flexibility index (Phi) is 3.94. The van der Waals surface area contributed by atoms with Crippen molar-refractivity contribution in [2.45, 2.75) is 17.6 Å². The molecule has 0 aliphatic heterocycles. The summed E-state index contributed by atoms with van der Waals surface area (Å²) in [7, 11) is 0. The lowest BCUT2D eigenvalue weighted by molar-refractivity contribution is 0.0690. The maximum Gasteiger partial charge on any atom is 0.354 e. The summed E-state index contributed by atoms with van der Waals surface area (Å²) in [5.41, 5.74) is 2.03.